The molecule has 0 aliphatic carbocycles. The summed E-state index contributed by atoms with van der Waals surface area (Å²) in [6.07, 6.45) is 1.71. The highest BCUT2D eigenvalue weighted by Gasteiger charge is 2.22. The van der Waals surface area contributed by atoms with Crippen molar-refractivity contribution in [3.8, 4) is 0 Å². The topological polar surface area (TPSA) is 29.1 Å². The van der Waals surface area contributed by atoms with Gasteiger partial charge in [-0.25, -0.2) is 0 Å². The Balaban J connectivity index is 2.08. The fourth-order valence-electron chi connectivity index (χ4n) is 2.70. The van der Waals surface area contributed by atoms with E-state index in [9.17, 15) is 4.79 Å². The zero-order valence-corrected chi connectivity index (χ0v) is 16.6. The SMILES string of the molecule is CCC(Sc1ccc(Cl)cc1)C(=O)NC(CC(C)C)c1ccccc1. The molecule has 2 unspecified atom stereocenters. The van der Waals surface area contributed by atoms with Crippen molar-refractivity contribution in [2.24, 2.45) is 5.92 Å². The highest BCUT2D eigenvalue weighted by atomic mass is 35.5. The van der Waals surface area contributed by atoms with Gasteiger partial charge >= 0.3 is 0 Å². The minimum Gasteiger partial charge on any atom is -0.348 e. The predicted molar refractivity (Wildman–Crippen MR) is 108 cm³/mol. The van der Waals surface area contributed by atoms with Crippen molar-refractivity contribution in [2.75, 3.05) is 0 Å². The molecule has 0 saturated carbocycles. The van der Waals surface area contributed by atoms with Crippen LogP contribution in [0.4, 0.5) is 0 Å². The Kier molecular flexibility index (Phi) is 7.86. The first-order chi connectivity index (χ1) is 12.0. The molecule has 0 bridgehead atoms. The Bertz CT molecular complexity index is 657. The predicted octanol–water partition coefficient (Wildman–Crippen LogP) is 6.11. The van der Waals surface area contributed by atoms with Crippen LogP contribution in [0.5, 0.6) is 0 Å². The van der Waals surface area contributed by atoms with Crippen molar-refractivity contribution in [1.29, 1.82) is 0 Å². The summed E-state index contributed by atoms with van der Waals surface area (Å²) < 4.78 is 0. The van der Waals surface area contributed by atoms with Gasteiger partial charge in [0.15, 0.2) is 0 Å². The second-order valence-corrected chi connectivity index (χ2v) is 8.28. The smallest absolute Gasteiger partial charge is 0.233 e. The van der Waals surface area contributed by atoms with Gasteiger partial charge in [0.05, 0.1) is 11.3 Å². The molecule has 1 N–H and O–H groups in total. The number of nitrogens with one attached hydrogen (secondary N) is 1. The monoisotopic (exact) mass is 375 g/mol. The highest BCUT2D eigenvalue weighted by Crippen LogP contribution is 2.28. The minimum absolute atomic E-state index is 0.0496. The van der Waals surface area contributed by atoms with Crippen LogP contribution in [0.3, 0.4) is 0 Å². The third-order valence-electron chi connectivity index (χ3n) is 3.98. The number of carbonyl (C=O) groups excluding carboxylic acids is 1. The van der Waals surface area contributed by atoms with Crippen LogP contribution in [0.1, 0.15) is 45.2 Å². The third-order valence-corrected chi connectivity index (χ3v) is 5.61. The van der Waals surface area contributed by atoms with E-state index in [1.54, 1.807) is 11.8 Å². The van der Waals surface area contributed by atoms with Crippen molar-refractivity contribution < 1.29 is 4.79 Å². The van der Waals surface area contributed by atoms with Crippen molar-refractivity contribution >= 4 is 29.3 Å². The molecular weight excluding hydrogens is 350 g/mol. The second kappa shape index (κ2) is 9.88. The molecule has 0 heterocycles. The van der Waals surface area contributed by atoms with E-state index in [-0.39, 0.29) is 17.2 Å². The fraction of sp³-hybridized carbons (Fsp3) is 0.381. The maximum absolute atomic E-state index is 12.9. The third kappa shape index (κ3) is 6.41. The average molecular weight is 376 g/mol. The van der Waals surface area contributed by atoms with E-state index in [1.165, 1.54) is 0 Å². The molecule has 2 atom stereocenters. The summed E-state index contributed by atoms with van der Waals surface area (Å²) in [5.74, 6) is 0.603. The highest BCUT2D eigenvalue weighted by molar-refractivity contribution is 8.00. The van der Waals surface area contributed by atoms with Gasteiger partial charge < -0.3 is 5.32 Å². The zero-order valence-electron chi connectivity index (χ0n) is 15.0. The molecular formula is C21H26ClNOS. The summed E-state index contributed by atoms with van der Waals surface area (Å²) in [5.41, 5.74) is 1.16. The molecule has 25 heavy (non-hydrogen) atoms. The molecule has 0 fully saturated rings. The van der Waals surface area contributed by atoms with Crippen LogP contribution in [-0.4, -0.2) is 11.2 Å². The second-order valence-electron chi connectivity index (χ2n) is 6.57. The molecule has 1 amide bonds. The summed E-state index contributed by atoms with van der Waals surface area (Å²) in [6.45, 7) is 6.41. The number of hydrogen-bond donors (Lipinski definition) is 1. The van der Waals surface area contributed by atoms with Crippen LogP contribution in [0, 0.1) is 5.92 Å². The average Bonchev–Trinajstić information content (AvgIpc) is 2.61. The van der Waals surface area contributed by atoms with Crippen molar-refractivity contribution in [3.63, 3.8) is 0 Å². The summed E-state index contributed by atoms with van der Waals surface area (Å²) in [4.78, 5) is 13.9. The minimum atomic E-state index is -0.112. The quantitative estimate of drug-likeness (QED) is 0.563. The van der Waals surface area contributed by atoms with Gasteiger partial charge in [-0.2, -0.15) is 0 Å². The molecule has 0 saturated heterocycles. The van der Waals surface area contributed by atoms with E-state index < -0.39 is 0 Å². The number of hydrogen-bond acceptors (Lipinski definition) is 2. The Morgan fingerprint density at radius 1 is 1.08 bits per heavy atom. The number of rotatable bonds is 8. The van der Waals surface area contributed by atoms with E-state index in [0.29, 0.717) is 10.9 Å². The first-order valence-corrected chi connectivity index (χ1v) is 10.0. The molecule has 2 rings (SSSR count). The van der Waals surface area contributed by atoms with Crippen LogP contribution in [0.15, 0.2) is 59.5 Å². The van der Waals surface area contributed by atoms with Crippen LogP contribution in [0.2, 0.25) is 5.02 Å². The molecule has 0 aliphatic heterocycles. The van der Waals surface area contributed by atoms with Crippen molar-refractivity contribution in [3.05, 3.63) is 65.2 Å². The summed E-state index contributed by atoms with van der Waals surface area (Å²) in [5, 5.41) is 3.86. The molecule has 4 heteroatoms. The molecule has 0 radical (unpaired) electrons. The van der Waals surface area contributed by atoms with E-state index >= 15 is 0 Å². The van der Waals surface area contributed by atoms with Crippen molar-refractivity contribution in [1.82, 2.24) is 5.32 Å². The molecule has 0 spiro atoms. The molecule has 134 valence electrons. The maximum atomic E-state index is 12.9. The number of halogens is 1. The fourth-order valence-corrected chi connectivity index (χ4v) is 3.79. The van der Waals surface area contributed by atoms with E-state index in [0.717, 1.165) is 23.3 Å². The van der Waals surface area contributed by atoms with Gasteiger partial charge in [-0.15, -0.1) is 11.8 Å². The van der Waals surface area contributed by atoms with Gasteiger partial charge in [0, 0.05) is 9.92 Å². The van der Waals surface area contributed by atoms with E-state index in [2.05, 4.69) is 31.3 Å². The Morgan fingerprint density at radius 2 is 1.72 bits per heavy atom. The van der Waals surface area contributed by atoms with Gasteiger partial charge in [-0.3, -0.25) is 4.79 Å². The van der Waals surface area contributed by atoms with E-state index in [4.69, 9.17) is 11.6 Å². The lowest BCUT2D eigenvalue weighted by atomic mass is 9.97. The summed E-state index contributed by atoms with van der Waals surface area (Å²) >= 11 is 7.53. The van der Waals surface area contributed by atoms with E-state index in [1.807, 2.05) is 49.4 Å². The van der Waals surface area contributed by atoms with Gasteiger partial charge in [0.2, 0.25) is 5.91 Å². The van der Waals surface area contributed by atoms with Crippen LogP contribution in [0.25, 0.3) is 0 Å². The maximum Gasteiger partial charge on any atom is 0.233 e. The van der Waals surface area contributed by atoms with Gasteiger partial charge in [0.1, 0.15) is 0 Å². The largest absolute Gasteiger partial charge is 0.348 e. The van der Waals surface area contributed by atoms with Gasteiger partial charge in [-0.1, -0.05) is 62.7 Å². The molecule has 2 aromatic carbocycles. The molecule has 0 aliphatic rings. The Labute approximate surface area is 160 Å². The lowest BCUT2D eigenvalue weighted by molar-refractivity contribution is -0.121. The zero-order chi connectivity index (χ0) is 18.2. The lowest BCUT2D eigenvalue weighted by Crippen LogP contribution is -2.36. The Hall–Kier alpha value is -1.45. The van der Waals surface area contributed by atoms with Crippen molar-refractivity contribution in [2.45, 2.75) is 49.8 Å². The van der Waals surface area contributed by atoms with Gasteiger partial charge in [-0.05, 0) is 48.6 Å². The first-order valence-electron chi connectivity index (χ1n) is 8.77. The Morgan fingerprint density at radius 3 is 2.28 bits per heavy atom. The number of thioether (sulfide) groups is 1. The normalized spacial score (nSPS) is 13.5. The van der Waals surface area contributed by atoms with Crippen LogP contribution in [-0.2, 0) is 4.79 Å². The van der Waals surface area contributed by atoms with Gasteiger partial charge in [0.25, 0.3) is 0 Å². The molecule has 2 nitrogen and oxygen atoms in total. The number of benzene rings is 2. The molecule has 0 aromatic heterocycles. The summed E-state index contributed by atoms with van der Waals surface area (Å²) in [6, 6.07) is 17.9. The standard InChI is InChI=1S/C21H26ClNOS/c1-4-20(25-18-12-10-17(22)11-13-18)21(24)23-19(14-15(2)3)16-8-6-5-7-9-16/h5-13,15,19-20H,4,14H2,1-3H3,(H,23,24). The number of carbonyl (C=O) groups is 1. The molecule has 2 aromatic rings. The lowest BCUT2D eigenvalue weighted by Gasteiger charge is -2.24. The summed E-state index contributed by atoms with van der Waals surface area (Å²) in [7, 11) is 0. The van der Waals surface area contributed by atoms with Crippen LogP contribution >= 0.6 is 23.4 Å². The number of amides is 1. The van der Waals surface area contributed by atoms with Crippen LogP contribution < -0.4 is 5.32 Å². The first kappa shape index (κ1) is 19.9.